The maximum absolute atomic E-state index is 12.9. The summed E-state index contributed by atoms with van der Waals surface area (Å²) in [6.07, 6.45) is 65.5. The lowest BCUT2D eigenvalue weighted by Gasteiger charge is -2.39. The number of carbonyl (C=O) groups excluding carboxylic acids is 1. The zero-order valence-electron chi connectivity index (χ0n) is 44.2. The molecule has 0 aromatic heterocycles. The zero-order valence-corrected chi connectivity index (χ0v) is 44.2. The first kappa shape index (κ1) is 64.9. The Hall–Kier alpha value is -3.15. The molecule has 1 fully saturated rings. The van der Waals surface area contributed by atoms with Crippen molar-refractivity contribution in [2.24, 2.45) is 0 Å². The van der Waals surface area contributed by atoms with Crippen molar-refractivity contribution in [2.75, 3.05) is 26.4 Å². The van der Waals surface area contributed by atoms with Crippen LogP contribution in [-0.2, 0) is 23.7 Å². The van der Waals surface area contributed by atoms with Crippen LogP contribution in [0.15, 0.2) is 109 Å². The van der Waals surface area contributed by atoms with Gasteiger partial charge in [0, 0.05) is 13.0 Å². The van der Waals surface area contributed by atoms with Gasteiger partial charge in [-0.15, -0.1) is 0 Å². The van der Waals surface area contributed by atoms with Crippen molar-refractivity contribution >= 4 is 5.97 Å². The Morgan fingerprint density at radius 3 is 1.24 bits per heavy atom. The fraction of sp³-hybridized carbons (Fsp3) is 0.689. The largest absolute Gasteiger partial charge is 0.457 e. The Labute approximate surface area is 427 Å². The normalized spacial score (nSPS) is 19.8. The highest BCUT2D eigenvalue weighted by atomic mass is 16.7. The predicted molar refractivity (Wildman–Crippen MR) is 293 cm³/mol. The number of ether oxygens (including phenoxy) is 4. The lowest BCUT2D eigenvalue weighted by molar-refractivity contribution is -0.305. The van der Waals surface area contributed by atoms with Crippen LogP contribution in [0.25, 0.3) is 0 Å². The van der Waals surface area contributed by atoms with E-state index in [2.05, 4.69) is 123 Å². The summed E-state index contributed by atoms with van der Waals surface area (Å²) >= 11 is 0. The molecule has 6 atom stereocenters. The van der Waals surface area contributed by atoms with E-state index in [1.165, 1.54) is 83.5 Å². The number of hydrogen-bond donors (Lipinski definition) is 4. The summed E-state index contributed by atoms with van der Waals surface area (Å²) in [5, 5.41) is 40.3. The van der Waals surface area contributed by atoms with Gasteiger partial charge in [-0.2, -0.15) is 0 Å². The third-order valence-electron chi connectivity index (χ3n) is 12.2. The first-order valence-corrected chi connectivity index (χ1v) is 28.0. The van der Waals surface area contributed by atoms with E-state index in [1.54, 1.807) is 0 Å². The molecule has 0 spiro atoms. The maximum atomic E-state index is 12.9. The van der Waals surface area contributed by atoms with E-state index < -0.39 is 43.4 Å². The summed E-state index contributed by atoms with van der Waals surface area (Å²) < 4.78 is 22.9. The molecule has 0 aliphatic carbocycles. The van der Waals surface area contributed by atoms with Gasteiger partial charge < -0.3 is 39.4 Å². The molecule has 0 aromatic rings. The molecular weight excluding hydrogens is 877 g/mol. The molecule has 1 saturated heterocycles. The molecule has 6 unspecified atom stereocenters. The van der Waals surface area contributed by atoms with Gasteiger partial charge in [0.15, 0.2) is 6.29 Å². The minimum absolute atomic E-state index is 0.125. The number of carbonyl (C=O) groups is 1. The summed E-state index contributed by atoms with van der Waals surface area (Å²) in [4.78, 5) is 12.9. The Balaban J connectivity index is 2.19. The van der Waals surface area contributed by atoms with E-state index in [0.29, 0.717) is 13.0 Å². The van der Waals surface area contributed by atoms with Gasteiger partial charge in [0.1, 0.15) is 30.5 Å². The predicted octanol–water partition coefficient (Wildman–Crippen LogP) is 14.5. The first-order valence-electron chi connectivity index (χ1n) is 28.0. The third-order valence-corrected chi connectivity index (χ3v) is 12.2. The standard InChI is InChI=1S/C61H102O9/c1-3-5-7-9-11-13-15-17-19-21-23-25-26-27-28-29-31-33-35-37-39-41-43-45-47-49-51-67-53-55(54-68-61-60(66)59(65)58(64)56(52-62)70-61)69-57(63)50-48-46-44-42-40-38-36-34-32-30-24-22-20-18-16-14-12-10-8-6-4-2/h5-8,11-14,17-20,23-25,27-28,30,55-56,58-62,64-66H,3-4,9-10,15-16,21-22,26,29,31-54H2,1-2H3/b7-5-,8-6-,13-11-,14-12-,19-17-,20-18-,25-23-,28-27-,30-24-. The van der Waals surface area contributed by atoms with Crippen LogP contribution in [0.1, 0.15) is 206 Å². The van der Waals surface area contributed by atoms with Crippen LogP contribution in [0, 0.1) is 0 Å². The average molecular weight is 979 g/mol. The molecule has 9 heteroatoms. The molecule has 9 nitrogen and oxygen atoms in total. The summed E-state index contributed by atoms with van der Waals surface area (Å²) in [5.41, 5.74) is 0. The molecular formula is C61H102O9. The molecule has 70 heavy (non-hydrogen) atoms. The van der Waals surface area contributed by atoms with Crippen LogP contribution in [-0.4, -0.2) is 89.6 Å². The molecule has 1 aliphatic heterocycles. The number of esters is 1. The Bertz CT molecular complexity index is 1440. The number of aliphatic hydroxyl groups is 4. The smallest absolute Gasteiger partial charge is 0.306 e. The first-order chi connectivity index (χ1) is 34.4. The fourth-order valence-corrected chi connectivity index (χ4v) is 7.92. The van der Waals surface area contributed by atoms with E-state index in [9.17, 15) is 25.2 Å². The molecule has 0 amide bonds. The lowest BCUT2D eigenvalue weighted by atomic mass is 9.99. The van der Waals surface area contributed by atoms with E-state index in [1.807, 2.05) is 0 Å². The van der Waals surface area contributed by atoms with Gasteiger partial charge in [-0.1, -0.05) is 213 Å². The quantitative estimate of drug-likeness (QED) is 0.0267. The summed E-state index contributed by atoms with van der Waals surface area (Å²) in [6, 6.07) is 0. The van der Waals surface area contributed by atoms with Gasteiger partial charge in [0.25, 0.3) is 0 Å². The van der Waals surface area contributed by atoms with Crippen LogP contribution in [0.2, 0.25) is 0 Å². The Morgan fingerprint density at radius 1 is 0.457 bits per heavy atom. The fourth-order valence-electron chi connectivity index (χ4n) is 7.92. The number of rotatable bonds is 47. The van der Waals surface area contributed by atoms with E-state index in [0.717, 1.165) is 103 Å². The lowest BCUT2D eigenvalue weighted by Crippen LogP contribution is -2.59. The molecule has 0 bridgehead atoms. The molecule has 1 rings (SSSR count). The number of hydrogen-bond acceptors (Lipinski definition) is 9. The minimum atomic E-state index is -1.55. The van der Waals surface area contributed by atoms with Crippen LogP contribution >= 0.6 is 0 Å². The average Bonchev–Trinajstić information content (AvgIpc) is 3.36. The van der Waals surface area contributed by atoms with Crippen molar-refractivity contribution in [2.45, 2.75) is 243 Å². The van der Waals surface area contributed by atoms with Gasteiger partial charge in [-0.3, -0.25) is 4.79 Å². The highest BCUT2D eigenvalue weighted by Gasteiger charge is 2.44. The van der Waals surface area contributed by atoms with E-state index >= 15 is 0 Å². The summed E-state index contributed by atoms with van der Waals surface area (Å²) in [5.74, 6) is -0.327. The van der Waals surface area contributed by atoms with Crippen molar-refractivity contribution in [3.05, 3.63) is 109 Å². The van der Waals surface area contributed by atoms with Gasteiger partial charge in [-0.25, -0.2) is 0 Å². The molecule has 400 valence electrons. The van der Waals surface area contributed by atoms with Crippen LogP contribution in [0.5, 0.6) is 0 Å². The van der Waals surface area contributed by atoms with Crippen molar-refractivity contribution in [3.8, 4) is 0 Å². The second-order valence-corrected chi connectivity index (χ2v) is 18.6. The van der Waals surface area contributed by atoms with Gasteiger partial charge in [0.05, 0.1) is 19.8 Å². The molecule has 0 aromatic carbocycles. The molecule has 0 radical (unpaired) electrons. The third kappa shape index (κ3) is 40.4. The maximum Gasteiger partial charge on any atom is 0.306 e. The molecule has 0 saturated carbocycles. The highest BCUT2D eigenvalue weighted by Crippen LogP contribution is 2.23. The van der Waals surface area contributed by atoms with Crippen molar-refractivity contribution in [1.82, 2.24) is 0 Å². The number of allylic oxidation sites excluding steroid dienone is 18. The van der Waals surface area contributed by atoms with Crippen LogP contribution < -0.4 is 0 Å². The molecule has 4 N–H and O–H groups in total. The van der Waals surface area contributed by atoms with Crippen LogP contribution in [0.4, 0.5) is 0 Å². The number of aliphatic hydroxyl groups excluding tert-OH is 4. The van der Waals surface area contributed by atoms with Crippen molar-refractivity contribution < 1.29 is 44.2 Å². The van der Waals surface area contributed by atoms with Gasteiger partial charge >= 0.3 is 5.97 Å². The zero-order chi connectivity index (χ0) is 50.6. The van der Waals surface area contributed by atoms with Crippen LogP contribution in [0.3, 0.4) is 0 Å². The second-order valence-electron chi connectivity index (χ2n) is 18.6. The monoisotopic (exact) mass is 979 g/mol. The molecule has 1 heterocycles. The van der Waals surface area contributed by atoms with Crippen molar-refractivity contribution in [3.63, 3.8) is 0 Å². The van der Waals surface area contributed by atoms with E-state index in [-0.39, 0.29) is 19.2 Å². The van der Waals surface area contributed by atoms with Gasteiger partial charge in [-0.05, 0) is 96.3 Å². The SMILES string of the molecule is CC/C=C\C/C=C\C/C=C\C/C=C\C/C=C\CCCCCCCCCCCCOCC(COC1OC(CO)C(O)C(O)C1O)OC(=O)CCCCCCCCCC/C=C\C/C=C\C/C=C\C/C=C\CC. The Kier molecular flexibility index (Phi) is 47.1. The molecule has 1 aliphatic rings. The Morgan fingerprint density at radius 2 is 0.829 bits per heavy atom. The van der Waals surface area contributed by atoms with Gasteiger partial charge in [0.2, 0.25) is 0 Å². The summed E-state index contributed by atoms with van der Waals surface area (Å²) in [7, 11) is 0. The van der Waals surface area contributed by atoms with E-state index in [4.69, 9.17) is 18.9 Å². The highest BCUT2D eigenvalue weighted by molar-refractivity contribution is 5.69. The minimum Gasteiger partial charge on any atom is -0.457 e. The second kappa shape index (κ2) is 50.8. The van der Waals surface area contributed by atoms with Crippen molar-refractivity contribution in [1.29, 1.82) is 0 Å². The summed E-state index contributed by atoms with van der Waals surface area (Å²) in [6.45, 7) is 4.31. The topological polar surface area (TPSA) is 135 Å². The number of unbranched alkanes of at least 4 members (excludes halogenated alkanes) is 18.